The van der Waals surface area contributed by atoms with E-state index in [0.29, 0.717) is 0 Å². The summed E-state index contributed by atoms with van der Waals surface area (Å²) in [5.74, 6) is 0. The molecule has 0 N–H and O–H groups in total. The fourth-order valence-corrected chi connectivity index (χ4v) is 3.89. The predicted octanol–water partition coefficient (Wildman–Crippen LogP) is 2.71. The van der Waals surface area contributed by atoms with E-state index in [1.165, 1.54) is 9.13 Å². The Labute approximate surface area is 112 Å². The second kappa shape index (κ2) is 6.70. The van der Waals surface area contributed by atoms with Crippen molar-refractivity contribution >= 4 is 31.4 Å². The lowest BCUT2D eigenvalue weighted by molar-refractivity contribution is 0.123. The Morgan fingerprint density at radius 2 is 1.62 bits per heavy atom. The number of rotatable bonds is 6. The maximum atomic E-state index is 5.39. The molecule has 0 aliphatic heterocycles. The minimum atomic E-state index is -2.43. The highest BCUT2D eigenvalue weighted by Gasteiger charge is 2.37. The molecule has 0 saturated carbocycles. The van der Waals surface area contributed by atoms with Crippen molar-refractivity contribution in [3.05, 3.63) is 33.4 Å². The van der Waals surface area contributed by atoms with E-state index in [1.807, 2.05) is 12.1 Å². The normalized spacial score (nSPS) is 11.8. The Morgan fingerprint density at radius 3 is 2.12 bits per heavy atom. The van der Waals surface area contributed by atoms with Crippen LogP contribution in [0.15, 0.2) is 24.3 Å². The maximum absolute atomic E-state index is 5.39. The van der Waals surface area contributed by atoms with Crippen molar-refractivity contribution in [1.29, 1.82) is 0 Å². The van der Waals surface area contributed by atoms with Gasteiger partial charge in [0, 0.05) is 30.9 Å². The molecule has 1 aromatic rings. The van der Waals surface area contributed by atoms with Gasteiger partial charge in [-0.3, -0.25) is 0 Å². The van der Waals surface area contributed by atoms with E-state index in [0.717, 1.165) is 12.5 Å². The zero-order valence-corrected chi connectivity index (χ0v) is 13.0. The van der Waals surface area contributed by atoms with Gasteiger partial charge in [-0.15, -0.1) is 0 Å². The summed E-state index contributed by atoms with van der Waals surface area (Å²) < 4.78 is 17.4. The standard InChI is InChI=1S/C11H17IO3Si/c1-13-16(14-2,15-3)9-8-10-6-4-5-7-11(10)12/h4-7H,8-9H2,1-3H3. The molecule has 0 spiro atoms. The number of halogens is 1. The summed E-state index contributed by atoms with van der Waals surface area (Å²) in [4.78, 5) is 0. The Bertz CT molecular complexity index is 320. The van der Waals surface area contributed by atoms with Crippen molar-refractivity contribution in [2.45, 2.75) is 12.5 Å². The van der Waals surface area contributed by atoms with Crippen molar-refractivity contribution in [2.24, 2.45) is 0 Å². The van der Waals surface area contributed by atoms with Crippen LogP contribution in [0.2, 0.25) is 6.04 Å². The summed E-state index contributed by atoms with van der Waals surface area (Å²) in [6, 6.07) is 9.12. The Hall–Kier alpha value is 0.0469. The summed E-state index contributed by atoms with van der Waals surface area (Å²) in [7, 11) is 2.52. The van der Waals surface area contributed by atoms with E-state index in [1.54, 1.807) is 21.3 Å². The minimum absolute atomic E-state index is 0.802. The van der Waals surface area contributed by atoms with Crippen LogP contribution in [0.25, 0.3) is 0 Å². The van der Waals surface area contributed by atoms with E-state index in [4.69, 9.17) is 13.3 Å². The Kier molecular flexibility index (Phi) is 5.91. The molecule has 16 heavy (non-hydrogen) atoms. The van der Waals surface area contributed by atoms with Gasteiger partial charge in [-0.1, -0.05) is 18.2 Å². The van der Waals surface area contributed by atoms with Crippen molar-refractivity contribution in [1.82, 2.24) is 0 Å². The van der Waals surface area contributed by atoms with Gasteiger partial charge in [-0.05, 0) is 40.6 Å². The molecule has 5 heteroatoms. The number of hydrogen-bond acceptors (Lipinski definition) is 3. The van der Waals surface area contributed by atoms with Gasteiger partial charge in [0.15, 0.2) is 0 Å². The first-order valence-corrected chi connectivity index (χ1v) is 8.07. The average molecular weight is 352 g/mol. The van der Waals surface area contributed by atoms with Gasteiger partial charge in [-0.2, -0.15) is 0 Å². The molecule has 0 fully saturated rings. The van der Waals surface area contributed by atoms with Crippen molar-refractivity contribution in [2.75, 3.05) is 21.3 Å². The number of hydrogen-bond donors (Lipinski definition) is 0. The monoisotopic (exact) mass is 352 g/mol. The van der Waals surface area contributed by atoms with Crippen LogP contribution in [-0.2, 0) is 19.7 Å². The summed E-state index contributed by atoms with van der Waals surface area (Å²) in [5, 5.41) is 0. The highest BCUT2D eigenvalue weighted by molar-refractivity contribution is 14.1. The van der Waals surface area contributed by atoms with E-state index in [-0.39, 0.29) is 0 Å². The molecule has 0 amide bonds. The molecule has 0 heterocycles. The summed E-state index contributed by atoms with van der Waals surface area (Å²) in [6.07, 6.45) is 0.918. The van der Waals surface area contributed by atoms with Crippen LogP contribution >= 0.6 is 22.6 Å². The largest absolute Gasteiger partial charge is 0.500 e. The first-order valence-electron chi connectivity index (χ1n) is 5.06. The third-order valence-corrected chi connectivity index (χ3v) is 6.37. The van der Waals surface area contributed by atoms with Gasteiger partial charge >= 0.3 is 8.80 Å². The molecule has 0 atom stereocenters. The number of benzene rings is 1. The molecule has 0 aromatic heterocycles. The number of aryl methyl sites for hydroxylation is 1. The molecule has 0 bridgehead atoms. The first-order chi connectivity index (χ1) is 7.67. The second-order valence-corrected chi connectivity index (χ2v) is 7.64. The van der Waals surface area contributed by atoms with Crippen molar-refractivity contribution in [3.8, 4) is 0 Å². The zero-order valence-electron chi connectivity index (χ0n) is 9.83. The third-order valence-electron chi connectivity index (χ3n) is 2.59. The molecule has 90 valence electrons. The molecule has 0 unspecified atom stereocenters. The van der Waals surface area contributed by atoms with E-state index < -0.39 is 8.80 Å². The molecule has 0 saturated heterocycles. The topological polar surface area (TPSA) is 27.7 Å². The predicted molar refractivity (Wildman–Crippen MR) is 74.5 cm³/mol. The quantitative estimate of drug-likeness (QED) is 0.582. The fourth-order valence-electron chi connectivity index (χ4n) is 1.55. The van der Waals surface area contributed by atoms with Gasteiger partial charge in [-0.25, -0.2) is 0 Å². The van der Waals surface area contributed by atoms with Crippen molar-refractivity contribution in [3.63, 3.8) is 0 Å². The van der Waals surface area contributed by atoms with Gasteiger partial charge < -0.3 is 13.3 Å². The summed E-state index contributed by atoms with van der Waals surface area (Å²) >= 11 is 2.34. The van der Waals surface area contributed by atoms with Crippen LogP contribution in [-0.4, -0.2) is 30.1 Å². The van der Waals surface area contributed by atoms with Crippen LogP contribution in [0, 0.1) is 3.57 Å². The van der Waals surface area contributed by atoms with Crippen LogP contribution in [0.1, 0.15) is 5.56 Å². The SMILES string of the molecule is CO[Si](CCc1ccccc1I)(OC)OC. The third kappa shape index (κ3) is 3.52. The lowest BCUT2D eigenvalue weighted by Gasteiger charge is -2.24. The van der Waals surface area contributed by atoms with Gasteiger partial charge in [0.25, 0.3) is 0 Å². The second-order valence-electron chi connectivity index (χ2n) is 3.39. The molecule has 3 nitrogen and oxygen atoms in total. The molecule has 0 aliphatic carbocycles. The summed E-state index contributed by atoms with van der Waals surface area (Å²) in [5.41, 5.74) is 1.31. The Balaban J connectivity index is 2.66. The molecule has 0 radical (unpaired) electrons. The molecule has 1 aromatic carbocycles. The lowest BCUT2D eigenvalue weighted by Crippen LogP contribution is -2.43. The van der Waals surface area contributed by atoms with E-state index in [9.17, 15) is 0 Å². The van der Waals surface area contributed by atoms with Crippen LogP contribution in [0.4, 0.5) is 0 Å². The van der Waals surface area contributed by atoms with E-state index in [2.05, 4.69) is 34.7 Å². The minimum Gasteiger partial charge on any atom is -0.377 e. The summed E-state index contributed by atoms with van der Waals surface area (Å²) in [6.45, 7) is 0. The molecular weight excluding hydrogens is 335 g/mol. The van der Waals surface area contributed by atoms with Crippen LogP contribution in [0.3, 0.4) is 0 Å². The van der Waals surface area contributed by atoms with Gasteiger partial charge in [0.05, 0.1) is 0 Å². The van der Waals surface area contributed by atoms with Crippen LogP contribution < -0.4 is 0 Å². The van der Waals surface area contributed by atoms with Crippen LogP contribution in [0.5, 0.6) is 0 Å². The Morgan fingerprint density at radius 1 is 1.06 bits per heavy atom. The highest BCUT2D eigenvalue weighted by Crippen LogP contribution is 2.19. The molecule has 1 rings (SSSR count). The smallest absolute Gasteiger partial charge is 0.377 e. The van der Waals surface area contributed by atoms with Crippen molar-refractivity contribution < 1.29 is 13.3 Å². The maximum Gasteiger partial charge on any atom is 0.500 e. The first kappa shape index (κ1) is 14.1. The lowest BCUT2D eigenvalue weighted by atomic mass is 10.2. The zero-order chi connectivity index (χ0) is 12.0. The van der Waals surface area contributed by atoms with Gasteiger partial charge in [0.2, 0.25) is 0 Å². The molecular formula is C11H17IO3Si. The highest BCUT2D eigenvalue weighted by atomic mass is 127. The average Bonchev–Trinajstić information content (AvgIpc) is 2.34. The fraction of sp³-hybridized carbons (Fsp3) is 0.455. The molecule has 0 aliphatic rings. The van der Waals surface area contributed by atoms with E-state index >= 15 is 0 Å². The van der Waals surface area contributed by atoms with Gasteiger partial charge in [0.1, 0.15) is 0 Å².